The number of hydrogen-bond donors (Lipinski definition) is 3. The van der Waals surface area contributed by atoms with Gasteiger partial charge in [0.15, 0.2) is 0 Å². The van der Waals surface area contributed by atoms with Crippen LogP contribution in [0, 0.1) is 5.92 Å². The van der Waals surface area contributed by atoms with Crippen molar-refractivity contribution in [1.29, 1.82) is 0 Å². The van der Waals surface area contributed by atoms with E-state index in [2.05, 4.69) is 17.6 Å². The number of urea groups is 1. The van der Waals surface area contributed by atoms with Gasteiger partial charge >= 0.3 is 12.0 Å². The second kappa shape index (κ2) is 7.50. The van der Waals surface area contributed by atoms with Gasteiger partial charge in [0, 0.05) is 18.0 Å². The van der Waals surface area contributed by atoms with Crippen LogP contribution in [0.3, 0.4) is 0 Å². The van der Waals surface area contributed by atoms with Gasteiger partial charge in [0.25, 0.3) is 0 Å². The topological polar surface area (TPSA) is 78.4 Å². The summed E-state index contributed by atoms with van der Waals surface area (Å²) in [5, 5.41) is 14.7. The van der Waals surface area contributed by atoms with E-state index in [9.17, 15) is 9.59 Å². The standard InChI is InChI=1S/C15H28N2O3/c1-11-7-5-4-6-8-12(11)16-14(20)17-15(2,3)10-9-13(18)19/h11-12H,4-10H2,1-3H3,(H,18,19)(H2,16,17,20). The van der Waals surface area contributed by atoms with E-state index in [1.54, 1.807) is 0 Å². The Morgan fingerprint density at radius 1 is 1.20 bits per heavy atom. The van der Waals surface area contributed by atoms with Crippen molar-refractivity contribution >= 4 is 12.0 Å². The fourth-order valence-electron chi connectivity index (χ4n) is 2.70. The zero-order valence-corrected chi connectivity index (χ0v) is 12.9. The lowest BCUT2D eigenvalue weighted by atomic mass is 9.96. The highest BCUT2D eigenvalue weighted by Gasteiger charge is 2.25. The summed E-state index contributed by atoms with van der Waals surface area (Å²) in [5.74, 6) is -0.331. The molecule has 116 valence electrons. The Morgan fingerprint density at radius 2 is 1.85 bits per heavy atom. The van der Waals surface area contributed by atoms with Crippen LogP contribution in [-0.4, -0.2) is 28.7 Å². The molecular weight excluding hydrogens is 256 g/mol. The Balaban J connectivity index is 2.43. The van der Waals surface area contributed by atoms with Crippen LogP contribution < -0.4 is 10.6 Å². The molecule has 5 heteroatoms. The summed E-state index contributed by atoms with van der Waals surface area (Å²) < 4.78 is 0. The van der Waals surface area contributed by atoms with Crippen molar-refractivity contribution < 1.29 is 14.7 Å². The number of carboxylic acids is 1. The monoisotopic (exact) mass is 284 g/mol. The third-order valence-corrected chi connectivity index (χ3v) is 4.09. The minimum atomic E-state index is -0.835. The first-order valence-corrected chi connectivity index (χ1v) is 7.60. The molecule has 0 heterocycles. The number of hydrogen-bond acceptors (Lipinski definition) is 2. The Morgan fingerprint density at radius 3 is 2.50 bits per heavy atom. The van der Waals surface area contributed by atoms with Gasteiger partial charge in [-0.05, 0) is 39.0 Å². The molecule has 3 N–H and O–H groups in total. The molecule has 0 aromatic rings. The maximum atomic E-state index is 12.1. The summed E-state index contributed by atoms with van der Waals surface area (Å²) >= 11 is 0. The van der Waals surface area contributed by atoms with Crippen LogP contribution in [0.5, 0.6) is 0 Å². The molecule has 1 aliphatic rings. The SMILES string of the molecule is CC1CCCCCC1NC(=O)NC(C)(C)CCC(=O)O. The summed E-state index contributed by atoms with van der Waals surface area (Å²) in [7, 11) is 0. The molecule has 0 spiro atoms. The number of rotatable bonds is 5. The number of carbonyl (C=O) groups is 2. The molecule has 2 unspecified atom stereocenters. The highest BCUT2D eigenvalue weighted by molar-refractivity contribution is 5.75. The van der Waals surface area contributed by atoms with Crippen molar-refractivity contribution in [3.8, 4) is 0 Å². The van der Waals surface area contributed by atoms with Crippen molar-refractivity contribution in [2.45, 2.75) is 77.3 Å². The second-order valence-electron chi connectivity index (χ2n) is 6.60. The van der Waals surface area contributed by atoms with Crippen molar-refractivity contribution in [3.63, 3.8) is 0 Å². The van der Waals surface area contributed by atoms with Crippen LogP contribution in [0.1, 0.15) is 65.7 Å². The Labute approximate surface area is 121 Å². The summed E-state index contributed by atoms with van der Waals surface area (Å²) in [5.41, 5.74) is -0.504. The van der Waals surface area contributed by atoms with Crippen LogP contribution in [0.2, 0.25) is 0 Å². The molecule has 0 bridgehead atoms. The van der Waals surface area contributed by atoms with E-state index in [0.29, 0.717) is 12.3 Å². The van der Waals surface area contributed by atoms with Gasteiger partial charge in [0.1, 0.15) is 0 Å². The maximum Gasteiger partial charge on any atom is 0.315 e. The lowest BCUT2D eigenvalue weighted by Crippen LogP contribution is -2.52. The zero-order valence-electron chi connectivity index (χ0n) is 12.9. The lowest BCUT2D eigenvalue weighted by molar-refractivity contribution is -0.137. The normalized spacial score (nSPS) is 23.8. The summed E-state index contributed by atoms with van der Waals surface area (Å²) in [6.45, 7) is 5.89. The predicted molar refractivity (Wildman–Crippen MR) is 78.7 cm³/mol. The van der Waals surface area contributed by atoms with Crippen LogP contribution in [0.4, 0.5) is 4.79 Å². The predicted octanol–water partition coefficient (Wildman–Crippen LogP) is 2.90. The van der Waals surface area contributed by atoms with Gasteiger partial charge in [-0.25, -0.2) is 4.79 Å². The van der Waals surface area contributed by atoms with E-state index in [0.717, 1.165) is 19.3 Å². The highest BCUT2D eigenvalue weighted by atomic mass is 16.4. The number of carbonyl (C=O) groups excluding carboxylic acids is 1. The molecule has 2 amide bonds. The van der Waals surface area contributed by atoms with Crippen molar-refractivity contribution in [2.24, 2.45) is 5.92 Å². The Bertz CT molecular complexity index is 342. The first kappa shape index (κ1) is 16.8. The minimum absolute atomic E-state index is 0.0626. The van der Waals surface area contributed by atoms with E-state index >= 15 is 0 Å². The van der Waals surface area contributed by atoms with Gasteiger partial charge in [-0.2, -0.15) is 0 Å². The van der Waals surface area contributed by atoms with E-state index in [1.165, 1.54) is 12.8 Å². The van der Waals surface area contributed by atoms with Gasteiger partial charge < -0.3 is 15.7 Å². The molecule has 5 nitrogen and oxygen atoms in total. The molecule has 0 aromatic carbocycles. The summed E-state index contributed by atoms with van der Waals surface area (Å²) in [4.78, 5) is 22.7. The number of nitrogens with one attached hydrogen (secondary N) is 2. The molecule has 1 rings (SSSR count). The van der Waals surface area contributed by atoms with Gasteiger partial charge in [0.2, 0.25) is 0 Å². The molecule has 0 saturated heterocycles. The van der Waals surface area contributed by atoms with E-state index < -0.39 is 11.5 Å². The quantitative estimate of drug-likeness (QED) is 0.679. The van der Waals surface area contributed by atoms with Crippen LogP contribution >= 0.6 is 0 Å². The first-order chi connectivity index (χ1) is 9.30. The second-order valence-corrected chi connectivity index (χ2v) is 6.60. The largest absolute Gasteiger partial charge is 0.481 e. The van der Waals surface area contributed by atoms with E-state index in [1.807, 2.05) is 13.8 Å². The van der Waals surface area contributed by atoms with E-state index in [4.69, 9.17) is 5.11 Å². The average molecular weight is 284 g/mol. The molecule has 0 aromatic heterocycles. The maximum absolute atomic E-state index is 12.1. The van der Waals surface area contributed by atoms with Crippen molar-refractivity contribution in [2.75, 3.05) is 0 Å². The molecule has 2 atom stereocenters. The fourth-order valence-corrected chi connectivity index (χ4v) is 2.70. The van der Waals surface area contributed by atoms with Gasteiger partial charge in [0.05, 0.1) is 0 Å². The zero-order chi connectivity index (χ0) is 15.2. The summed E-state index contributed by atoms with van der Waals surface area (Å²) in [6, 6.07) is 0.0481. The summed E-state index contributed by atoms with van der Waals surface area (Å²) in [6.07, 6.45) is 6.33. The smallest absolute Gasteiger partial charge is 0.315 e. The van der Waals surface area contributed by atoms with Gasteiger partial charge in [-0.1, -0.05) is 26.2 Å². The first-order valence-electron chi connectivity index (χ1n) is 7.60. The average Bonchev–Trinajstić information content (AvgIpc) is 2.52. The Kier molecular flexibility index (Phi) is 6.30. The highest BCUT2D eigenvalue weighted by Crippen LogP contribution is 2.23. The van der Waals surface area contributed by atoms with Crippen molar-refractivity contribution in [3.05, 3.63) is 0 Å². The Hall–Kier alpha value is -1.26. The van der Waals surface area contributed by atoms with E-state index in [-0.39, 0.29) is 18.5 Å². The molecule has 1 saturated carbocycles. The van der Waals surface area contributed by atoms with Crippen LogP contribution in [0.15, 0.2) is 0 Å². The third-order valence-electron chi connectivity index (χ3n) is 4.09. The molecular formula is C15H28N2O3. The van der Waals surface area contributed by atoms with Gasteiger partial charge in [-0.3, -0.25) is 4.79 Å². The molecule has 20 heavy (non-hydrogen) atoms. The third kappa shape index (κ3) is 6.26. The van der Waals surface area contributed by atoms with Gasteiger partial charge in [-0.15, -0.1) is 0 Å². The minimum Gasteiger partial charge on any atom is -0.481 e. The van der Waals surface area contributed by atoms with Crippen molar-refractivity contribution in [1.82, 2.24) is 10.6 Å². The molecule has 1 aliphatic carbocycles. The molecule has 0 aliphatic heterocycles. The lowest BCUT2D eigenvalue weighted by Gasteiger charge is -2.29. The molecule has 0 radical (unpaired) electrons. The van der Waals surface area contributed by atoms with Crippen LogP contribution in [-0.2, 0) is 4.79 Å². The number of amides is 2. The number of aliphatic carboxylic acids is 1. The fraction of sp³-hybridized carbons (Fsp3) is 0.867. The number of carboxylic acid groups (broad SMARTS) is 1. The molecule has 1 fully saturated rings. The van der Waals surface area contributed by atoms with Crippen LogP contribution in [0.25, 0.3) is 0 Å².